The van der Waals surface area contributed by atoms with Crippen molar-refractivity contribution in [2.75, 3.05) is 5.32 Å². The zero-order valence-electron chi connectivity index (χ0n) is 11.2. The van der Waals surface area contributed by atoms with Gasteiger partial charge in [-0.05, 0) is 51.7 Å². The molecule has 0 radical (unpaired) electrons. The fourth-order valence-electron chi connectivity index (χ4n) is 2.45. The highest BCUT2D eigenvalue weighted by Gasteiger charge is 2.24. The van der Waals surface area contributed by atoms with Gasteiger partial charge in [-0.25, -0.2) is 0 Å². The van der Waals surface area contributed by atoms with E-state index in [4.69, 9.17) is 0 Å². The Labute approximate surface area is 140 Å². The number of hydrogen-bond acceptors (Lipinski definition) is 2. The van der Waals surface area contributed by atoms with Gasteiger partial charge in [0.05, 0.1) is 11.7 Å². The van der Waals surface area contributed by atoms with Crippen LogP contribution in [0.15, 0.2) is 51.4 Å². The maximum Gasteiger partial charge on any atom is 0.241 e. The van der Waals surface area contributed by atoms with Crippen LogP contribution in [-0.4, -0.2) is 11.9 Å². The highest BCUT2D eigenvalue weighted by atomic mass is 79.9. The molecule has 0 aromatic heterocycles. The predicted octanol–water partition coefficient (Wildman–Crippen LogP) is 3.86. The first-order valence-corrected chi connectivity index (χ1v) is 8.28. The minimum atomic E-state index is -0.199. The van der Waals surface area contributed by atoms with Crippen LogP contribution in [0.3, 0.4) is 0 Å². The third kappa shape index (κ3) is 3.36. The maximum atomic E-state index is 12.4. The molecule has 0 unspecified atom stereocenters. The Morgan fingerprint density at radius 3 is 2.67 bits per heavy atom. The minimum absolute atomic E-state index is 0.00692. The van der Waals surface area contributed by atoms with Crippen molar-refractivity contribution in [3.63, 3.8) is 0 Å². The molecule has 0 aliphatic carbocycles. The van der Waals surface area contributed by atoms with E-state index in [-0.39, 0.29) is 11.9 Å². The Bertz CT molecular complexity index is 688. The zero-order valence-corrected chi connectivity index (χ0v) is 14.4. The van der Waals surface area contributed by atoms with Crippen molar-refractivity contribution in [2.24, 2.45) is 0 Å². The lowest BCUT2D eigenvalue weighted by Crippen LogP contribution is -2.44. The third-order valence-electron chi connectivity index (χ3n) is 3.59. The van der Waals surface area contributed by atoms with Gasteiger partial charge < -0.3 is 10.6 Å². The summed E-state index contributed by atoms with van der Waals surface area (Å²) in [6, 6.07) is 13.7. The summed E-state index contributed by atoms with van der Waals surface area (Å²) in [6.45, 7) is 0.732. The molecule has 0 fully saturated rings. The molecule has 0 spiro atoms. The second-order valence-electron chi connectivity index (χ2n) is 5.02. The maximum absolute atomic E-state index is 12.4. The monoisotopic (exact) mass is 408 g/mol. The van der Waals surface area contributed by atoms with Gasteiger partial charge in [-0.2, -0.15) is 0 Å². The van der Waals surface area contributed by atoms with Gasteiger partial charge in [-0.3, -0.25) is 4.79 Å². The number of carbonyl (C=O) groups is 1. The van der Waals surface area contributed by atoms with E-state index < -0.39 is 0 Å². The lowest BCUT2D eigenvalue weighted by Gasteiger charge is -2.25. The molecule has 1 amide bonds. The predicted molar refractivity (Wildman–Crippen MR) is 91.2 cm³/mol. The molecule has 2 aromatic rings. The van der Waals surface area contributed by atoms with Crippen LogP contribution in [0, 0.1) is 0 Å². The molecule has 0 saturated heterocycles. The molecule has 2 N–H and O–H groups in total. The Morgan fingerprint density at radius 2 is 1.90 bits per heavy atom. The fraction of sp³-hybridized carbons (Fsp3) is 0.188. The molecule has 21 heavy (non-hydrogen) atoms. The summed E-state index contributed by atoms with van der Waals surface area (Å²) in [5.41, 5.74) is 3.29. The number of halogens is 2. The molecular formula is C16H14Br2N2O. The van der Waals surface area contributed by atoms with Crippen molar-refractivity contribution in [2.45, 2.75) is 19.0 Å². The molecule has 2 aromatic carbocycles. The fourth-order valence-corrected chi connectivity index (χ4v) is 3.60. The second kappa shape index (κ2) is 6.30. The van der Waals surface area contributed by atoms with Crippen LogP contribution in [0.4, 0.5) is 5.69 Å². The van der Waals surface area contributed by atoms with Crippen LogP contribution >= 0.6 is 31.9 Å². The Hall–Kier alpha value is -1.17. The third-order valence-corrected chi connectivity index (χ3v) is 4.74. The topological polar surface area (TPSA) is 41.1 Å². The van der Waals surface area contributed by atoms with Crippen LogP contribution in [0.25, 0.3) is 0 Å². The van der Waals surface area contributed by atoms with Gasteiger partial charge in [0.15, 0.2) is 0 Å². The summed E-state index contributed by atoms with van der Waals surface area (Å²) in [5, 5.41) is 6.26. The second-order valence-corrected chi connectivity index (χ2v) is 6.79. The van der Waals surface area contributed by atoms with Crippen LogP contribution in [0.2, 0.25) is 0 Å². The molecule has 1 aliphatic rings. The van der Waals surface area contributed by atoms with E-state index in [2.05, 4.69) is 54.6 Å². The van der Waals surface area contributed by atoms with Crippen LogP contribution in [-0.2, 0) is 17.8 Å². The van der Waals surface area contributed by atoms with Crippen molar-refractivity contribution in [1.29, 1.82) is 0 Å². The first-order chi connectivity index (χ1) is 10.1. The summed E-state index contributed by atoms with van der Waals surface area (Å²) >= 11 is 6.86. The Morgan fingerprint density at radius 1 is 1.14 bits per heavy atom. The van der Waals surface area contributed by atoms with E-state index in [0.29, 0.717) is 0 Å². The van der Waals surface area contributed by atoms with Crippen molar-refractivity contribution in [1.82, 2.24) is 5.32 Å². The first-order valence-electron chi connectivity index (χ1n) is 6.69. The van der Waals surface area contributed by atoms with E-state index in [1.54, 1.807) is 0 Å². The highest BCUT2D eigenvalue weighted by molar-refractivity contribution is 9.11. The quantitative estimate of drug-likeness (QED) is 0.790. The number of benzene rings is 2. The summed E-state index contributed by atoms with van der Waals surface area (Å²) in [4.78, 5) is 12.4. The van der Waals surface area contributed by atoms with Gasteiger partial charge in [0, 0.05) is 15.5 Å². The van der Waals surface area contributed by atoms with Gasteiger partial charge in [-0.15, -0.1) is 0 Å². The number of nitrogens with one attached hydrogen (secondary N) is 2. The molecule has 1 atom stereocenters. The molecular weight excluding hydrogens is 396 g/mol. The van der Waals surface area contributed by atoms with Crippen molar-refractivity contribution >= 4 is 43.5 Å². The van der Waals surface area contributed by atoms with E-state index >= 15 is 0 Å². The SMILES string of the molecule is O=C(Nc1ccc(Br)cc1Br)[C@H]1Cc2ccccc2CN1. The van der Waals surface area contributed by atoms with E-state index in [1.165, 1.54) is 11.1 Å². The molecule has 3 rings (SSSR count). The highest BCUT2D eigenvalue weighted by Crippen LogP contribution is 2.26. The van der Waals surface area contributed by atoms with E-state index in [1.807, 2.05) is 30.3 Å². The Balaban J connectivity index is 1.72. The zero-order chi connectivity index (χ0) is 14.8. The molecule has 0 saturated carbocycles. The average molecular weight is 410 g/mol. The molecule has 3 nitrogen and oxygen atoms in total. The molecule has 108 valence electrons. The number of carbonyl (C=O) groups excluding carboxylic acids is 1. The van der Waals surface area contributed by atoms with Gasteiger partial charge in [-0.1, -0.05) is 40.2 Å². The molecule has 1 heterocycles. The molecule has 0 bridgehead atoms. The summed E-state index contributed by atoms with van der Waals surface area (Å²) in [7, 11) is 0. The molecule has 5 heteroatoms. The van der Waals surface area contributed by atoms with Crippen LogP contribution < -0.4 is 10.6 Å². The van der Waals surface area contributed by atoms with Crippen molar-refractivity contribution in [3.8, 4) is 0 Å². The van der Waals surface area contributed by atoms with Crippen LogP contribution in [0.5, 0.6) is 0 Å². The first kappa shape index (κ1) is 14.8. The largest absolute Gasteiger partial charge is 0.324 e. The lowest BCUT2D eigenvalue weighted by molar-refractivity contribution is -0.118. The summed E-state index contributed by atoms with van der Waals surface area (Å²) in [6.07, 6.45) is 0.718. The number of amides is 1. The smallest absolute Gasteiger partial charge is 0.241 e. The minimum Gasteiger partial charge on any atom is -0.324 e. The summed E-state index contributed by atoms with van der Waals surface area (Å²) in [5.74, 6) is -0.00692. The normalized spacial score (nSPS) is 17.1. The average Bonchev–Trinajstić information content (AvgIpc) is 2.49. The van der Waals surface area contributed by atoms with Crippen LogP contribution in [0.1, 0.15) is 11.1 Å². The number of rotatable bonds is 2. The number of hydrogen-bond donors (Lipinski definition) is 2. The van der Waals surface area contributed by atoms with Crippen molar-refractivity contribution in [3.05, 3.63) is 62.5 Å². The molecule has 1 aliphatic heterocycles. The lowest BCUT2D eigenvalue weighted by atomic mass is 9.95. The van der Waals surface area contributed by atoms with E-state index in [0.717, 1.165) is 27.6 Å². The Kier molecular flexibility index (Phi) is 4.42. The van der Waals surface area contributed by atoms with Gasteiger partial charge in [0.2, 0.25) is 5.91 Å². The van der Waals surface area contributed by atoms with Gasteiger partial charge in [0.1, 0.15) is 0 Å². The van der Waals surface area contributed by atoms with Crippen molar-refractivity contribution < 1.29 is 4.79 Å². The summed E-state index contributed by atoms with van der Waals surface area (Å²) < 4.78 is 1.83. The standard InChI is InChI=1S/C16H14Br2N2O/c17-12-5-6-14(13(18)8-12)20-16(21)15-7-10-3-1-2-4-11(10)9-19-15/h1-6,8,15,19H,7,9H2,(H,20,21)/t15-/m1/s1. The van der Waals surface area contributed by atoms with E-state index in [9.17, 15) is 4.79 Å². The van der Waals surface area contributed by atoms with Gasteiger partial charge >= 0.3 is 0 Å². The number of fused-ring (bicyclic) bond motifs is 1. The number of anilines is 1. The van der Waals surface area contributed by atoms with Gasteiger partial charge in [0.25, 0.3) is 0 Å².